The predicted octanol–water partition coefficient (Wildman–Crippen LogP) is 2.94. The number of rotatable bonds is 7. The van der Waals surface area contributed by atoms with Crippen LogP contribution in [0.3, 0.4) is 0 Å². The van der Waals surface area contributed by atoms with Crippen molar-refractivity contribution in [1.82, 2.24) is 25.2 Å². The van der Waals surface area contributed by atoms with Crippen molar-refractivity contribution in [3.63, 3.8) is 0 Å². The van der Waals surface area contributed by atoms with Crippen molar-refractivity contribution < 1.29 is 28.3 Å². The number of carboxylic acid groups (broad SMARTS) is 1. The van der Waals surface area contributed by atoms with Crippen LogP contribution in [0.15, 0.2) is 42.6 Å². The van der Waals surface area contributed by atoms with Gasteiger partial charge < -0.3 is 15.7 Å². The van der Waals surface area contributed by atoms with Crippen molar-refractivity contribution in [2.24, 2.45) is 0 Å². The first kappa shape index (κ1) is 23.0. The number of amides is 2. The number of nitrogens with zero attached hydrogens (tertiary/aromatic N) is 3. The van der Waals surface area contributed by atoms with Gasteiger partial charge in [-0.05, 0) is 36.2 Å². The molecule has 0 radical (unpaired) electrons. The summed E-state index contributed by atoms with van der Waals surface area (Å²) in [6, 6.07) is 8.57. The van der Waals surface area contributed by atoms with Gasteiger partial charge in [0.2, 0.25) is 0 Å². The number of aryl methyl sites for hydroxylation is 1. The molecule has 0 saturated heterocycles. The Morgan fingerprint density at radius 2 is 1.79 bits per heavy atom. The lowest BCUT2D eigenvalue weighted by molar-refractivity contribution is 0.0701. The number of fused-ring (bicyclic) bond motifs is 1. The summed E-state index contributed by atoms with van der Waals surface area (Å²) in [4.78, 5) is 41.2. The highest BCUT2D eigenvalue weighted by Crippen LogP contribution is 2.17. The monoisotopic (exact) mass is 485 g/mol. The molecule has 0 saturated carbocycles. The summed E-state index contributed by atoms with van der Waals surface area (Å²) < 4.78 is 28.6. The molecule has 0 spiro atoms. The second-order valence-electron chi connectivity index (χ2n) is 7.27. The molecule has 9 nitrogen and oxygen atoms in total. The van der Waals surface area contributed by atoms with Crippen LogP contribution in [-0.2, 0) is 13.1 Å². The van der Waals surface area contributed by atoms with E-state index in [1.54, 1.807) is 19.1 Å². The molecule has 2 amide bonds. The fourth-order valence-corrected chi connectivity index (χ4v) is 3.94. The number of halogens is 2. The van der Waals surface area contributed by atoms with Crippen molar-refractivity contribution in [2.75, 3.05) is 0 Å². The van der Waals surface area contributed by atoms with Gasteiger partial charge >= 0.3 is 5.97 Å². The van der Waals surface area contributed by atoms with Gasteiger partial charge in [-0.25, -0.2) is 23.1 Å². The van der Waals surface area contributed by atoms with E-state index in [0.29, 0.717) is 16.0 Å². The normalized spacial score (nSPS) is 10.9. The minimum absolute atomic E-state index is 0.0236. The maximum absolute atomic E-state index is 14.2. The quantitative estimate of drug-likeness (QED) is 0.370. The van der Waals surface area contributed by atoms with Gasteiger partial charge in [-0.15, -0.1) is 11.3 Å². The first-order valence-corrected chi connectivity index (χ1v) is 10.7. The van der Waals surface area contributed by atoms with Crippen molar-refractivity contribution in [3.05, 3.63) is 86.5 Å². The van der Waals surface area contributed by atoms with Crippen LogP contribution in [0.25, 0.3) is 5.65 Å². The lowest BCUT2D eigenvalue weighted by Crippen LogP contribution is -2.28. The summed E-state index contributed by atoms with van der Waals surface area (Å²) in [5, 5.41) is 18.0. The summed E-state index contributed by atoms with van der Waals surface area (Å²) in [7, 11) is 0. The first-order chi connectivity index (χ1) is 16.2. The molecule has 4 rings (SSSR count). The third-order valence-electron chi connectivity index (χ3n) is 4.87. The first-order valence-electron chi connectivity index (χ1n) is 9.90. The second kappa shape index (κ2) is 9.35. The smallest absolute Gasteiger partial charge is 0.345 e. The number of thiophene rings is 1. The number of nitrogens with one attached hydrogen (secondary N) is 2. The molecular formula is C22H17F2N5O4S. The van der Waals surface area contributed by atoms with Crippen LogP contribution in [0, 0.1) is 18.6 Å². The molecule has 0 atom stereocenters. The lowest BCUT2D eigenvalue weighted by Gasteiger charge is -2.10. The van der Waals surface area contributed by atoms with Crippen LogP contribution in [0.2, 0.25) is 0 Å². The van der Waals surface area contributed by atoms with E-state index in [1.165, 1.54) is 24.3 Å². The van der Waals surface area contributed by atoms with E-state index >= 15 is 0 Å². The Labute approximate surface area is 195 Å². The topological polar surface area (TPSA) is 126 Å². The fourth-order valence-electron chi connectivity index (χ4n) is 3.15. The largest absolute Gasteiger partial charge is 0.477 e. The molecule has 3 heterocycles. The zero-order chi connectivity index (χ0) is 24.4. The maximum atomic E-state index is 14.2. The molecule has 0 bridgehead atoms. The molecule has 174 valence electrons. The molecule has 0 aliphatic heterocycles. The Hall–Kier alpha value is -4.19. The van der Waals surface area contributed by atoms with Gasteiger partial charge in [0.1, 0.15) is 22.1 Å². The van der Waals surface area contributed by atoms with Crippen molar-refractivity contribution in [2.45, 2.75) is 20.0 Å². The van der Waals surface area contributed by atoms with Crippen LogP contribution in [0.1, 0.15) is 46.7 Å². The Kier molecular flexibility index (Phi) is 6.32. The number of carbonyl (C=O) groups excluding carboxylic acids is 2. The van der Waals surface area contributed by atoms with Crippen LogP contribution < -0.4 is 10.6 Å². The molecule has 3 aromatic heterocycles. The van der Waals surface area contributed by atoms with Gasteiger partial charge in [-0.1, -0.05) is 12.1 Å². The molecule has 1 aromatic carbocycles. The Bertz CT molecular complexity index is 1430. The fraction of sp³-hybridized carbons (Fsp3) is 0.136. The van der Waals surface area contributed by atoms with E-state index < -0.39 is 23.6 Å². The highest BCUT2D eigenvalue weighted by atomic mass is 32.1. The summed E-state index contributed by atoms with van der Waals surface area (Å²) in [6.07, 6.45) is 0.875. The summed E-state index contributed by atoms with van der Waals surface area (Å²) in [5.74, 6) is -3.58. The van der Waals surface area contributed by atoms with Crippen LogP contribution in [-0.4, -0.2) is 37.5 Å². The third-order valence-corrected chi connectivity index (χ3v) is 5.94. The highest BCUT2D eigenvalue weighted by Gasteiger charge is 2.20. The van der Waals surface area contributed by atoms with E-state index in [1.807, 2.05) is 0 Å². The van der Waals surface area contributed by atoms with Crippen molar-refractivity contribution in [3.8, 4) is 0 Å². The maximum Gasteiger partial charge on any atom is 0.345 e. The number of hydrogen-bond donors (Lipinski definition) is 3. The standard InChI is InChI=1S/C22H17F2N5O4S/c1-11-6-12(2-4-14(11)23)8-25-20(30)16-7-17(29-19(28-16)15(24)10-27-29)21(31)26-9-13-3-5-18(34-13)22(32)33/h2-7,10H,8-9H2,1H3,(H,25,30)(H,26,31)(H,32,33). The molecule has 12 heteroatoms. The Morgan fingerprint density at radius 1 is 1.03 bits per heavy atom. The molecule has 0 unspecified atom stereocenters. The van der Waals surface area contributed by atoms with E-state index in [2.05, 4.69) is 20.7 Å². The average Bonchev–Trinajstić information content (AvgIpc) is 3.44. The van der Waals surface area contributed by atoms with Gasteiger partial charge in [0.25, 0.3) is 11.8 Å². The number of aromatic carboxylic acids is 1. The van der Waals surface area contributed by atoms with Crippen molar-refractivity contribution in [1.29, 1.82) is 0 Å². The van der Waals surface area contributed by atoms with Gasteiger partial charge in [0.05, 0.1) is 12.7 Å². The number of hydrogen-bond acceptors (Lipinski definition) is 6. The third kappa shape index (κ3) is 4.76. The van der Waals surface area contributed by atoms with Gasteiger partial charge in [-0.3, -0.25) is 9.59 Å². The highest BCUT2D eigenvalue weighted by molar-refractivity contribution is 7.13. The molecule has 0 aliphatic rings. The number of carbonyl (C=O) groups is 3. The van der Waals surface area contributed by atoms with E-state index in [0.717, 1.165) is 22.0 Å². The molecule has 4 aromatic rings. The Balaban J connectivity index is 1.54. The molecule has 34 heavy (non-hydrogen) atoms. The van der Waals surface area contributed by atoms with Gasteiger partial charge in [0.15, 0.2) is 11.5 Å². The second-order valence-corrected chi connectivity index (χ2v) is 8.44. The molecule has 0 aliphatic carbocycles. The lowest BCUT2D eigenvalue weighted by atomic mass is 10.1. The van der Waals surface area contributed by atoms with Crippen LogP contribution in [0.5, 0.6) is 0 Å². The number of carboxylic acids is 1. The average molecular weight is 485 g/mol. The van der Waals surface area contributed by atoms with Crippen LogP contribution in [0.4, 0.5) is 8.78 Å². The molecule has 0 fully saturated rings. The van der Waals surface area contributed by atoms with E-state index in [4.69, 9.17) is 5.11 Å². The van der Waals surface area contributed by atoms with Crippen molar-refractivity contribution >= 4 is 34.8 Å². The van der Waals surface area contributed by atoms with Gasteiger partial charge in [-0.2, -0.15) is 5.10 Å². The summed E-state index contributed by atoms with van der Waals surface area (Å²) >= 11 is 1.00. The Morgan fingerprint density at radius 3 is 2.50 bits per heavy atom. The SMILES string of the molecule is Cc1cc(CNC(=O)c2cc(C(=O)NCc3ccc(C(=O)O)s3)n3ncc(F)c3n2)ccc1F. The number of benzene rings is 1. The molecular weight excluding hydrogens is 468 g/mol. The summed E-state index contributed by atoms with van der Waals surface area (Å²) in [6.45, 7) is 1.69. The zero-order valence-corrected chi connectivity index (χ0v) is 18.4. The van der Waals surface area contributed by atoms with Gasteiger partial charge in [0, 0.05) is 17.5 Å². The summed E-state index contributed by atoms with van der Waals surface area (Å²) in [5.41, 5.74) is 0.429. The minimum Gasteiger partial charge on any atom is -0.477 e. The molecule has 3 N–H and O–H groups in total. The van der Waals surface area contributed by atoms with E-state index in [-0.39, 0.29) is 40.8 Å². The predicted molar refractivity (Wildman–Crippen MR) is 118 cm³/mol. The van der Waals surface area contributed by atoms with E-state index in [9.17, 15) is 23.2 Å². The van der Waals surface area contributed by atoms with Crippen LogP contribution >= 0.6 is 11.3 Å². The minimum atomic E-state index is -1.07. The number of aromatic nitrogens is 3. The zero-order valence-electron chi connectivity index (χ0n) is 17.6.